The molecule has 106 heavy (non-hydrogen) atoms. The Morgan fingerprint density at radius 1 is 0.528 bits per heavy atom. The molecule has 10 N–H and O–H groups in total. The van der Waals surface area contributed by atoms with Crippen LogP contribution in [0, 0.1) is 54.4 Å². The van der Waals surface area contributed by atoms with E-state index in [2.05, 4.69) is 153 Å². The number of nitrogen functional groups attached to an aromatic ring is 3. The summed E-state index contributed by atoms with van der Waals surface area (Å²) in [5.41, 5.74) is 49.6. The van der Waals surface area contributed by atoms with Crippen LogP contribution in [-0.2, 0) is 33.3 Å². The van der Waals surface area contributed by atoms with E-state index in [0.717, 1.165) is 180 Å². The van der Waals surface area contributed by atoms with Crippen molar-refractivity contribution in [2.45, 2.75) is 113 Å². The normalized spacial score (nSPS) is 14.5. The number of nitrogens with zero attached hydrogens (tertiary/aromatic N) is 2. The van der Waals surface area contributed by atoms with Gasteiger partial charge in [-0.15, -0.1) is 0 Å². The second-order valence-electron chi connectivity index (χ2n) is 26.7. The van der Waals surface area contributed by atoms with Crippen LogP contribution in [0.5, 0.6) is 0 Å². The Bertz CT molecular complexity index is 5260. The van der Waals surface area contributed by atoms with Crippen LogP contribution in [0.1, 0.15) is 126 Å². The van der Waals surface area contributed by atoms with Gasteiger partial charge in [-0.25, -0.2) is 21.4 Å². The van der Waals surface area contributed by atoms with Gasteiger partial charge in [0.25, 0.3) is 0 Å². The SMILES string of the molecule is CC1=CC(=C(c2cc(C)c(N)c(C)c2)c2c(Cl)cccc2Cl)C=C(C)C1=N.CC1=CC(=C(c2ccc(N)c(C)c2)c2ccc(N)c(C)c2)C=CC1=[NH2+].CCNc1ccc(C(=C2C=CC(=[N+](CC)Cc3cccc(S(=O)(=O)[O-])c3)C=C2C)c2ccc(N(CC)Cc3ccc(S(=O)(=O)[O-])cc3)cc2C)cc1C.[CH3+]. The Balaban J connectivity index is 0.000000223. The number of anilines is 5. The Labute approximate surface area is 637 Å². The van der Waals surface area contributed by atoms with E-state index in [4.69, 9.17) is 51.2 Å². The first-order chi connectivity index (χ1) is 49.7. The van der Waals surface area contributed by atoms with Gasteiger partial charge in [-0.05, 0) is 334 Å². The minimum absolute atomic E-state index is 0. The number of nitrogens with one attached hydrogen (secondary N) is 2. The third-order valence-corrected chi connectivity index (χ3v) is 21.4. The largest absolute Gasteiger partial charge is 0.744 e. The summed E-state index contributed by atoms with van der Waals surface area (Å²) in [4.78, 5) is 1.73. The van der Waals surface area contributed by atoms with Crippen molar-refractivity contribution in [1.29, 1.82) is 5.41 Å². The zero-order chi connectivity index (χ0) is 76.5. The maximum absolute atomic E-state index is 11.7. The fraction of sp³-hybridized carbons (Fsp3) is 0.205. The summed E-state index contributed by atoms with van der Waals surface area (Å²) in [5, 5.41) is 18.8. The van der Waals surface area contributed by atoms with Gasteiger partial charge in [0, 0.05) is 100 Å². The smallest absolute Gasteiger partial charge is 0.200 e. The topological polar surface area (TPSA) is 260 Å². The second kappa shape index (κ2) is 34.7. The minimum Gasteiger partial charge on any atom is -0.744 e. The molecule has 0 bridgehead atoms. The summed E-state index contributed by atoms with van der Waals surface area (Å²) < 4.78 is 71.4. The van der Waals surface area contributed by atoms with E-state index in [1.165, 1.54) is 24.3 Å². The van der Waals surface area contributed by atoms with Crippen molar-refractivity contribution in [3.63, 3.8) is 0 Å². The molecule has 0 heterocycles. The molecule has 0 unspecified atom stereocenters. The third kappa shape index (κ3) is 19.2. The maximum atomic E-state index is 11.7. The summed E-state index contributed by atoms with van der Waals surface area (Å²) in [5.74, 6) is 0. The molecule has 3 aliphatic rings. The number of nitrogens with two attached hydrogens (primary N) is 4. The lowest BCUT2D eigenvalue weighted by Crippen LogP contribution is -2.39. The minimum atomic E-state index is -4.56. The van der Waals surface area contributed by atoms with Gasteiger partial charge >= 0.3 is 0 Å². The van der Waals surface area contributed by atoms with Crippen LogP contribution in [0.3, 0.4) is 0 Å². The maximum Gasteiger partial charge on any atom is 0.200 e. The molecule has 0 atom stereocenters. The van der Waals surface area contributed by atoms with Gasteiger partial charge in [0.2, 0.25) is 0 Å². The van der Waals surface area contributed by atoms with Gasteiger partial charge in [0.05, 0.1) is 15.5 Å². The third-order valence-electron chi connectivity index (χ3n) is 19.1. The van der Waals surface area contributed by atoms with Gasteiger partial charge in [0.1, 0.15) is 26.8 Å². The van der Waals surface area contributed by atoms with Crippen LogP contribution in [0.2, 0.25) is 10.0 Å². The summed E-state index contributed by atoms with van der Waals surface area (Å²) >= 11 is 13.2. The molecular formula is C88H95Cl2N8O6S2+. The van der Waals surface area contributed by atoms with Crippen LogP contribution in [0.25, 0.3) is 16.7 Å². The van der Waals surface area contributed by atoms with Crippen LogP contribution in [0.15, 0.2) is 249 Å². The van der Waals surface area contributed by atoms with Crippen molar-refractivity contribution < 1.29 is 35.9 Å². The first kappa shape index (κ1) is 81.4. The van der Waals surface area contributed by atoms with E-state index < -0.39 is 20.2 Å². The van der Waals surface area contributed by atoms with Gasteiger partial charge in [-0.2, -0.15) is 0 Å². The van der Waals surface area contributed by atoms with E-state index in [-0.39, 0.29) is 17.2 Å². The molecule has 14 nitrogen and oxygen atoms in total. The van der Waals surface area contributed by atoms with Gasteiger partial charge in [0.15, 0.2) is 18.0 Å². The highest BCUT2D eigenvalue weighted by molar-refractivity contribution is 7.86. The average Bonchev–Trinajstić information content (AvgIpc) is 0.771. The Kier molecular flexibility index (Phi) is 26.7. The van der Waals surface area contributed by atoms with Crippen LogP contribution in [0.4, 0.5) is 28.4 Å². The number of halogens is 2. The number of allylic oxidation sites excluding steroid dienone is 15. The quantitative estimate of drug-likeness (QED) is 0.0216. The molecule has 18 heteroatoms. The number of aryl methyl sites for hydroxylation is 6. The summed E-state index contributed by atoms with van der Waals surface area (Å²) in [6.07, 6.45) is 16.6. The van der Waals surface area contributed by atoms with Crippen molar-refractivity contribution in [3.05, 3.63) is 335 Å². The highest BCUT2D eigenvalue weighted by atomic mass is 35.5. The average molecular weight is 1500 g/mol. The molecule has 548 valence electrons. The molecule has 0 saturated carbocycles. The van der Waals surface area contributed by atoms with Crippen molar-refractivity contribution in [3.8, 4) is 0 Å². The first-order valence-electron chi connectivity index (χ1n) is 34.7. The molecule has 0 saturated heterocycles. The highest BCUT2D eigenvalue weighted by Gasteiger charge is 2.25. The first-order valence-corrected chi connectivity index (χ1v) is 38.3. The summed E-state index contributed by atoms with van der Waals surface area (Å²) in [7, 11) is -9.06. The van der Waals surface area contributed by atoms with Crippen molar-refractivity contribution >= 4 is 106 Å². The Morgan fingerprint density at radius 3 is 1.59 bits per heavy atom. The second-order valence-corrected chi connectivity index (χ2v) is 30.3. The highest BCUT2D eigenvalue weighted by Crippen LogP contribution is 2.42. The number of hydrogen-bond acceptors (Lipinski definition) is 12. The van der Waals surface area contributed by atoms with E-state index >= 15 is 0 Å². The monoisotopic (exact) mass is 1490 g/mol. The molecule has 0 radical (unpaired) electrons. The lowest BCUT2D eigenvalue weighted by Gasteiger charge is -2.26. The molecule has 11 rings (SSSR count). The summed E-state index contributed by atoms with van der Waals surface area (Å²) in [6, 6.07) is 47.2. The van der Waals surface area contributed by atoms with E-state index in [1.54, 1.807) is 18.2 Å². The van der Waals surface area contributed by atoms with E-state index in [1.807, 2.05) is 110 Å². The molecule has 0 aromatic heterocycles. The predicted molar refractivity (Wildman–Crippen MR) is 442 cm³/mol. The standard InChI is InChI=1S/C42H47N3O6S2.C23H22Cl2N2.C22H23N3.CH3/c1-7-43-41-22-15-34(23-31(41)6)42(39-20-16-35(24-29(39)4)44(8-2)27-32-13-18-37(19-14-32)52(46,47)48)40-21-17-36(25-30(40)5)45(9-3)28-33-11-10-12-38(26-33)53(49,50)51;1-12-8-16(9-13(2)22(12)26)20(21-18(24)6-5-7-19(21)25)17-10-14(3)23(27)15(4)11-17;1-13-10-16(4-7-19(13)23)22(17-5-8-20(24)14(2)11-17)18-6-9-21(25)15(3)12-18;/h10-26H,7-9,27-28H2,1-6H3,(H2,46,47,48,49,50,51);5-11,26H,27H2,1-4H3;4-12,23H,24-25H2,1-3H3;1H3/q;;;+1. The lowest BCUT2D eigenvalue weighted by atomic mass is 9.85. The van der Waals surface area contributed by atoms with Gasteiger partial charge in [-0.3, -0.25) is 5.41 Å². The molecule has 0 aliphatic heterocycles. The zero-order valence-corrected chi connectivity index (χ0v) is 66.0. The number of benzene rings is 8. The fourth-order valence-electron chi connectivity index (χ4n) is 13.1. The van der Waals surface area contributed by atoms with Crippen molar-refractivity contribution in [2.24, 2.45) is 0 Å². The molecule has 0 amide bonds. The fourth-order valence-corrected chi connectivity index (χ4v) is 14.7. The van der Waals surface area contributed by atoms with Gasteiger partial charge in [-0.1, -0.05) is 77.8 Å². The van der Waals surface area contributed by atoms with Crippen LogP contribution < -0.4 is 32.8 Å². The van der Waals surface area contributed by atoms with Crippen molar-refractivity contribution in [1.82, 2.24) is 0 Å². The molecule has 0 spiro atoms. The molecule has 0 fully saturated rings. The lowest BCUT2D eigenvalue weighted by molar-refractivity contribution is -0.539. The molecular weight excluding hydrogens is 1400 g/mol. The number of hydrogen-bond donors (Lipinski definition) is 6. The van der Waals surface area contributed by atoms with E-state index in [9.17, 15) is 25.9 Å². The molecule has 3 aliphatic carbocycles. The van der Waals surface area contributed by atoms with Crippen LogP contribution in [-0.4, -0.2) is 67.3 Å². The van der Waals surface area contributed by atoms with Crippen LogP contribution >= 0.6 is 23.2 Å². The summed E-state index contributed by atoms with van der Waals surface area (Å²) in [6.45, 7) is 29.7. The predicted octanol–water partition coefficient (Wildman–Crippen LogP) is 17.9. The number of rotatable bonds is 17. The molecule has 8 aromatic rings. The zero-order valence-electron chi connectivity index (χ0n) is 62.8. The van der Waals surface area contributed by atoms with Crippen molar-refractivity contribution in [2.75, 3.05) is 47.1 Å². The van der Waals surface area contributed by atoms with E-state index in [0.29, 0.717) is 41.9 Å². The molecule has 8 aromatic carbocycles. The Hall–Kier alpha value is -10.3. The van der Waals surface area contributed by atoms with Gasteiger partial charge < -0.3 is 41.9 Å². The Morgan fingerprint density at radius 2 is 1.08 bits per heavy atom.